The summed E-state index contributed by atoms with van der Waals surface area (Å²) in [5.74, 6) is 1.00. The summed E-state index contributed by atoms with van der Waals surface area (Å²) in [5.41, 5.74) is 2.22. The Balaban J connectivity index is 2.33. The fraction of sp³-hybridized carbons (Fsp3) is 0.417. The largest absolute Gasteiger partial charge is 0.298 e. The van der Waals surface area contributed by atoms with Gasteiger partial charge in [-0.05, 0) is 37.2 Å². The van der Waals surface area contributed by atoms with Gasteiger partial charge in [-0.2, -0.15) is 5.10 Å². The number of aromatic amines is 1. The molecule has 0 atom stereocenters. The molecule has 0 aliphatic carbocycles. The van der Waals surface area contributed by atoms with Crippen molar-refractivity contribution in [3.63, 3.8) is 0 Å². The average molecular weight is 248 g/mol. The molecule has 2 aromatic rings. The number of rotatable bonds is 4. The molecular formula is C12H16N4S. The van der Waals surface area contributed by atoms with E-state index in [1.807, 2.05) is 16.8 Å². The van der Waals surface area contributed by atoms with Crippen LogP contribution < -0.4 is 0 Å². The normalized spacial score (nSPS) is 10.7. The zero-order chi connectivity index (χ0) is 12.3. The van der Waals surface area contributed by atoms with E-state index in [1.165, 1.54) is 5.56 Å². The van der Waals surface area contributed by atoms with Crippen LogP contribution in [0.1, 0.15) is 30.4 Å². The van der Waals surface area contributed by atoms with E-state index in [0.29, 0.717) is 11.3 Å². The van der Waals surface area contributed by atoms with Crippen LogP contribution in [0.5, 0.6) is 0 Å². The molecule has 0 unspecified atom stereocenters. The lowest BCUT2D eigenvalue weighted by Gasteiger charge is -2.07. The highest BCUT2D eigenvalue weighted by atomic mass is 32.1. The molecule has 2 aromatic heterocycles. The van der Waals surface area contributed by atoms with E-state index < -0.39 is 0 Å². The molecule has 2 rings (SSSR count). The van der Waals surface area contributed by atoms with Crippen LogP contribution in [0, 0.1) is 11.7 Å². The minimum Gasteiger partial charge on any atom is -0.298 e. The molecule has 4 nitrogen and oxygen atoms in total. The third-order valence-corrected chi connectivity index (χ3v) is 3.05. The SMILES string of the molecule is CCCc1n[nH]c(=S)n1Cc1ncccc1C. The third-order valence-electron chi connectivity index (χ3n) is 2.74. The molecule has 0 saturated heterocycles. The molecule has 0 aliphatic rings. The van der Waals surface area contributed by atoms with E-state index in [-0.39, 0.29) is 0 Å². The number of aryl methyl sites for hydroxylation is 2. The molecule has 1 N–H and O–H groups in total. The van der Waals surface area contributed by atoms with Gasteiger partial charge in [0.25, 0.3) is 0 Å². The molecule has 0 saturated carbocycles. The van der Waals surface area contributed by atoms with Crippen molar-refractivity contribution in [2.75, 3.05) is 0 Å². The lowest BCUT2D eigenvalue weighted by Crippen LogP contribution is -2.08. The second-order valence-electron chi connectivity index (χ2n) is 4.05. The van der Waals surface area contributed by atoms with Gasteiger partial charge in [-0.25, -0.2) is 0 Å². The predicted molar refractivity (Wildman–Crippen MR) is 69.5 cm³/mol. The van der Waals surface area contributed by atoms with Crippen molar-refractivity contribution in [3.05, 3.63) is 40.2 Å². The second kappa shape index (κ2) is 5.23. The van der Waals surface area contributed by atoms with Crippen LogP contribution >= 0.6 is 12.2 Å². The quantitative estimate of drug-likeness (QED) is 0.846. The molecule has 0 aliphatic heterocycles. The summed E-state index contributed by atoms with van der Waals surface area (Å²) in [6.45, 7) is 4.89. The first-order valence-corrected chi connectivity index (χ1v) is 6.17. The number of hydrogen-bond acceptors (Lipinski definition) is 3. The van der Waals surface area contributed by atoms with E-state index in [4.69, 9.17) is 12.2 Å². The van der Waals surface area contributed by atoms with E-state index in [2.05, 4.69) is 35.1 Å². The van der Waals surface area contributed by atoms with Crippen LogP contribution in [-0.2, 0) is 13.0 Å². The van der Waals surface area contributed by atoms with E-state index >= 15 is 0 Å². The summed E-state index contributed by atoms with van der Waals surface area (Å²) in [7, 11) is 0. The van der Waals surface area contributed by atoms with Crippen molar-refractivity contribution < 1.29 is 0 Å². The van der Waals surface area contributed by atoms with Crippen molar-refractivity contribution in [1.82, 2.24) is 19.7 Å². The van der Waals surface area contributed by atoms with Crippen LogP contribution in [0.4, 0.5) is 0 Å². The maximum Gasteiger partial charge on any atom is 0.195 e. The van der Waals surface area contributed by atoms with Crippen LogP contribution in [0.3, 0.4) is 0 Å². The molecule has 0 fully saturated rings. The lowest BCUT2D eigenvalue weighted by molar-refractivity contribution is 0.684. The second-order valence-corrected chi connectivity index (χ2v) is 4.43. The van der Waals surface area contributed by atoms with Crippen molar-refractivity contribution in [1.29, 1.82) is 0 Å². The molecule has 5 heteroatoms. The molecule has 17 heavy (non-hydrogen) atoms. The number of pyridine rings is 1. The Kier molecular flexibility index (Phi) is 3.68. The van der Waals surface area contributed by atoms with Gasteiger partial charge >= 0.3 is 0 Å². The van der Waals surface area contributed by atoms with Crippen molar-refractivity contribution >= 4 is 12.2 Å². The van der Waals surface area contributed by atoms with Gasteiger partial charge < -0.3 is 0 Å². The Morgan fingerprint density at radius 3 is 3.00 bits per heavy atom. The highest BCUT2D eigenvalue weighted by Gasteiger charge is 2.07. The molecule has 0 aromatic carbocycles. The van der Waals surface area contributed by atoms with Gasteiger partial charge in [0.05, 0.1) is 12.2 Å². The number of aromatic nitrogens is 4. The smallest absolute Gasteiger partial charge is 0.195 e. The van der Waals surface area contributed by atoms with Gasteiger partial charge in [-0.15, -0.1) is 0 Å². The molecule has 0 amide bonds. The van der Waals surface area contributed by atoms with E-state index in [0.717, 1.165) is 24.4 Å². The Morgan fingerprint density at radius 1 is 1.47 bits per heavy atom. The van der Waals surface area contributed by atoms with E-state index in [9.17, 15) is 0 Å². The fourth-order valence-corrected chi connectivity index (χ4v) is 1.98. The summed E-state index contributed by atoms with van der Waals surface area (Å²) in [5, 5.41) is 7.10. The summed E-state index contributed by atoms with van der Waals surface area (Å²) in [6.07, 6.45) is 3.80. The number of H-pyrrole nitrogens is 1. The fourth-order valence-electron chi connectivity index (χ4n) is 1.76. The summed E-state index contributed by atoms with van der Waals surface area (Å²) in [6, 6.07) is 4.01. The topological polar surface area (TPSA) is 46.5 Å². The first-order chi connectivity index (χ1) is 8.22. The third kappa shape index (κ3) is 2.61. The van der Waals surface area contributed by atoms with Gasteiger partial charge in [-0.3, -0.25) is 14.6 Å². The number of nitrogens with zero attached hydrogens (tertiary/aromatic N) is 3. The minimum absolute atomic E-state index is 0.665. The van der Waals surface area contributed by atoms with Gasteiger partial charge in [0.15, 0.2) is 4.77 Å². The van der Waals surface area contributed by atoms with Crippen LogP contribution in [0.2, 0.25) is 0 Å². The summed E-state index contributed by atoms with van der Waals surface area (Å²) >= 11 is 5.25. The van der Waals surface area contributed by atoms with Crippen LogP contribution in [0.15, 0.2) is 18.3 Å². The summed E-state index contributed by atoms with van der Waals surface area (Å²) < 4.78 is 2.69. The molecule has 0 bridgehead atoms. The van der Waals surface area contributed by atoms with E-state index in [1.54, 1.807) is 0 Å². The van der Waals surface area contributed by atoms with Gasteiger partial charge in [0, 0.05) is 12.6 Å². The van der Waals surface area contributed by atoms with Crippen molar-refractivity contribution in [2.24, 2.45) is 0 Å². The monoisotopic (exact) mass is 248 g/mol. The Bertz CT molecular complexity index is 556. The van der Waals surface area contributed by atoms with Crippen molar-refractivity contribution in [3.8, 4) is 0 Å². The Morgan fingerprint density at radius 2 is 2.29 bits per heavy atom. The molecule has 90 valence electrons. The number of nitrogens with one attached hydrogen (secondary N) is 1. The molecule has 0 spiro atoms. The van der Waals surface area contributed by atoms with Crippen LogP contribution in [-0.4, -0.2) is 19.7 Å². The van der Waals surface area contributed by atoms with Crippen molar-refractivity contribution in [2.45, 2.75) is 33.2 Å². The molecule has 0 radical (unpaired) electrons. The number of hydrogen-bond donors (Lipinski definition) is 1. The van der Waals surface area contributed by atoms with Crippen LogP contribution in [0.25, 0.3) is 0 Å². The van der Waals surface area contributed by atoms with Gasteiger partial charge in [0.2, 0.25) is 0 Å². The zero-order valence-corrected chi connectivity index (χ0v) is 10.9. The van der Waals surface area contributed by atoms with Gasteiger partial charge in [0.1, 0.15) is 5.82 Å². The lowest BCUT2D eigenvalue weighted by atomic mass is 10.2. The van der Waals surface area contributed by atoms with Gasteiger partial charge in [-0.1, -0.05) is 13.0 Å². The predicted octanol–water partition coefficient (Wildman–Crippen LogP) is 2.64. The first kappa shape index (κ1) is 12.0. The highest BCUT2D eigenvalue weighted by molar-refractivity contribution is 7.71. The standard InChI is InChI=1S/C12H16N4S/c1-3-5-11-14-15-12(17)16(11)8-10-9(2)6-4-7-13-10/h4,6-7H,3,5,8H2,1-2H3,(H,15,17). The highest BCUT2D eigenvalue weighted by Crippen LogP contribution is 2.09. The molecule has 2 heterocycles. The maximum absolute atomic E-state index is 5.25. The minimum atomic E-state index is 0.665. The summed E-state index contributed by atoms with van der Waals surface area (Å²) in [4.78, 5) is 4.39. The Labute approximate surface area is 106 Å². The first-order valence-electron chi connectivity index (χ1n) is 5.77. The Hall–Kier alpha value is -1.49. The average Bonchev–Trinajstić information content (AvgIpc) is 2.65. The maximum atomic E-state index is 5.25. The zero-order valence-electron chi connectivity index (χ0n) is 10.1. The molecular weight excluding hydrogens is 232 g/mol.